The van der Waals surface area contributed by atoms with Gasteiger partial charge in [0, 0.05) is 12.3 Å². The number of hydrogen-bond donors (Lipinski definition) is 1. The minimum atomic E-state index is -1.12. The molecule has 0 spiro atoms. The lowest BCUT2D eigenvalue weighted by Gasteiger charge is -2.06. The molecule has 0 unspecified atom stereocenters. The van der Waals surface area contributed by atoms with E-state index in [-0.39, 0.29) is 5.69 Å². The summed E-state index contributed by atoms with van der Waals surface area (Å²) in [6.07, 6.45) is 1.49. The first-order valence-corrected chi connectivity index (χ1v) is 5.03. The van der Waals surface area contributed by atoms with Gasteiger partial charge in [-0.25, -0.2) is 9.48 Å². The zero-order valence-corrected chi connectivity index (χ0v) is 9.49. The lowest BCUT2D eigenvalue weighted by molar-refractivity contribution is 0.0690. The van der Waals surface area contributed by atoms with Gasteiger partial charge in [0.05, 0.1) is 18.4 Å². The SMILES string of the molecule is COc1ccc(C#N)c(-n2ccc(C(=O)O)n2)c1. The maximum Gasteiger partial charge on any atom is 0.356 e. The van der Waals surface area contributed by atoms with Crippen molar-refractivity contribution >= 4 is 5.97 Å². The quantitative estimate of drug-likeness (QED) is 0.881. The topological polar surface area (TPSA) is 88.1 Å². The highest BCUT2D eigenvalue weighted by atomic mass is 16.5. The summed E-state index contributed by atoms with van der Waals surface area (Å²) in [6, 6.07) is 8.26. The Morgan fingerprint density at radius 1 is 1.50 bits per heavy atom. The average Bonchev–Trinajstić information content (AvgIpc) is 2.87. The molecule has 1 aromatic carbocycles. The molecule has 1 aromatic heterocycles. The highest BCUT2D eigenvalue weighted by molar-refractivity contribution is 5.85. The van der Waals surface area contributed by atoms with Crippen molar-refractivity contribution in [1.29, 1.82) is 5.26 Å². The molecule has 2 rings (SSSR count). The van der Waals surface area contributed by atoms with Crippen molar-refractivity contribution in [2.24, 2.45) is 0 Å². The number of nitrogens with zero attached hydrogens (tertiary/aromatic N) is 3. The molecule has 1 heterocycles. The number of methoxy groups -OCH3 is 1. The van der Waals surface area contributed by atoms with Crippen LogP contribution in [0.2, 0.25) is 0 Å². The first-order valence-electron chi connectivity index (χ1n) is 5.03. The van der Waals surface area contributed by atoms with E-state index >= 15 is 0 Å². The van der Waals surface area contributed by atoms with Gasteiger partial charge in [-0.2, -0.15) is 10.4 Å². The van der Waals surface area contributed by atoms with E-state index in [1.165, 1.54) is 24.1 Å². The molecule has 0 saturated carbocycles. The Bertz CT molecular complexity index is 640. The van der Waals surface area contributed by atoms with Gasteiger partial charge in [-0.3, -0.25) is 0 Å². The molecule has 18 heavy (non-hydrogen) atoms. The number of aromatic nitrogens is 2. The summed E-state index contributed by atoms with van der Waals surface area (Å²) in [5.41, 5.74) is 0.780. The van der Waals surface area contributed by atoms with Gasteiger partial charge in [0.1, 0.15) is 11.8 Å². The zero-order valence-electron chi connectivity index (χ0n) is 9.49. The number of nitriles is 1. The van der Waals surface area contributed by atoms with Crippen LogP contribution in [0.3, 0.4) is 0 Å². The third-order valence-corrected chi connectivity index (χ3v) is 2.38. The molecule has 90 valence electrons. The van der Waals surface area contributed by atoms with Gasteiger partial charge in [0.2, 0.25) is 0 Å². The second-order valence-corrected chi connectivity index (χ2v) is 3.45. The molecule has 0 aliphatic rings. The van der Waals surface area contributed by atoms with E-state index in [4.69, 9.17) is 15.1 Å². The van der Waals surface area contributed by atoms with Gasteiger partial charge in [0.15, 0.2) is 5.69 Å². The molecule has 0 aliphatic heterocycles. The number of aromatic carboxylic acids is 1. The van der Waals surface area contributed by atoms with Gasteiger partial charge in [-0.15, -0.1) is 0 Å². The molecule has 0 amide bonds. The van der Waals surface area contributed by atoms with Gasteiger partial charge >= 0.3 is 5.97 Å². The Morgan fingerprint density at radius 3 is 2.83 bits per heavy atom. The van der Waals surface area contributed by atoms with Crippen LogP contribution in [0.5, 0.6) is 5.75 Å². The van der Waals surface area contributed by atoms with Crippen LogP contribution in [0.15, 0.2) is 30.5 Å². The molecule has 0 bridgehead atoms. The Kier molecular flexibility index (Phi) is 2.98. The first kappa shape index (κ1) is 11.7. The minimum absolute atomic E-state index is 0.0818. The van der Waals surface area contributed by atoms with Crippen LogP contribution in [0.4, 0.5) is 0 Å². The van der Waals surface area contributed by atoms with E-state index in [1.807, 2.05) is 6.07 Å². The Balaban J connectivity index is 2.54. The van der Waals surface area contributed by atoms with Crippen LogP contribution in [-0.2, 0) is 0 Å². The fraction of sp³-hybridized carbons (Fsp3) is 0.0833. The number of carboxylic acid groups (broad SMARTS) is 1. The summed E-state index contributed by atoms with van der Waals surface area (Å²) >= 11 is 0. The van der Waals surface area contributed by atoms with Crippen molar-refractivity contribution in [1.82, 2.24) is 9.78 Å². The van der Waals surface area contributed by atoms with Gasteiger partial charge in [-0.05, 0) is 18.2 Å². The standard InChI is InChI=1S/C12H9N3O3/c1-18-9-3-2-8(7-13)11(6-9)15-5-4-10(14-15)12(16)17/h2-6H,1H3,(H,16,17). The molecule has 0 atom stereocenters. The van der Waals surface area contributed by atoms with E-state index in [9.17, 15) is 4.79 Å². The Hall–Kier alpha value is -2.81. The van der Waals surface area contributed by atoms with Crippen molar-refractivity contribution in [3.8, 4) is 17.5 Å². The Labute approximate surface area is 103 Å². The second-order valence-electron chi connectivity index (χ2n) is 3.45. The van der Waals surface area contributed by atoms with Crippen LogP contribution in [0.1, 0.15) is 16.1 Å². The highest BCUT2D eigenvalue weighted by Crippen LogP contribution is 2.20. The number of rotatable bonds is 3. The third-order valence-electron chi connectivity index (χ3n) is 2.38. The monoisotopic (exact) mass is 243 g/mol. The summed E-state index contributed by atoms with van der Waals surface area (Å²) < 4.78 is 6.40. The van der Waals surface area contributed by atoms with E-state index in [2.05, 4.69) is 5.10 Å². The maximum absolute atomic E-state index is 10.8. The summed E-state index contributed by atoms with van der Waals surface area (Å²) in [6.45, 7) is 0. The molecule has 0 fully saturated rings. The maximum atomic E-state index is 10.8. The summed E-state index contributed by atoms with van der Waals surface area (Å²) in [4.78, 5) is 10.8. The number of carbonyl (C=O) groups is 1. The summed E-state index contributed by atoms with van der Waals surface area (Å²) in [7, 11) is 1.51. The summed E-state index contributed by atoms with van der Waals surface area (Å²) in [5, 5.41) is 21.7. The molecule has 6 nitrogen and oxygen atoms in total. The normalized spacial score (nSPS) is 9.78. The van der Waals surface area contributed by atoms with Crippen molar-refractivity contribution < 1.29 is 14.6 Å². The molecular formula is C12H9N3O3. The van der Waals surface area contributed by atoms with Gasteiger partial charge in [0.25, 0.3) is 0 Å². The minimum Gasteiger partial charge on any atom is -0.497 e. The van der Waals surface area contributed by atoms with Crippen LogP contribution in [0, 0.1) is 11.3 Å². The molecule has 6 heteroatoms. The molecule has 2 aromatic rings. The van der Waals surface area contributed by atoms with Crippen molar-refractivity contribution in [3.63, 3.8) is 0 Å². The fourth-order valence-corrected chi connectivity index (χ4v) is 1.49. The predicted molar refractivity (Wildman–Crippen MR) is 61.8 cm³/mol. The van der Waals surface area contributed by atoms with E-state index in [0.717, 1.165) is 0 Å². The van der Waals surface area contributed by atoms with E-state index < -0.39 is 5.97 Å². The molecule has 0 radical (unpaired) electrons. The molecule has 0 aliphatic carbocycles. The number of hydrogen-bond acceptors (Lipinski definition) is 4. The Morgan fingerprint density at radius 2 is 2.28 bits per heavy atom. The molecular weight excluding hydrogens is 234 g/mol. The number of ether oxygens (including phenoxy) is 1. The largest absolute Gasteiger partial charge is 0.497 e. The lowest BCUT2D eigenvalue weighted by Crippen LogP contribution is -2.03. The lowest BCUT2D eigenvalue weighted by atomic mass is 10.2. The van der Waals surface area contributed by atoms with E-state index in [1.54, 1.807) is 18.2 Å². The van der Waals surface area contributed by atoms with Crippen LogP contribution in [-0.4, -0.2) is 28.0 Å². The van der Waals surface area contributed by atoms with Gasteiger partial charge in [-0.1, -0.05) is 0 Å². The summed E-state index contributed by atoms with van der Waals surface area (Å²) in [5.74, 6) is -0.550. The molecule has 1 N–H and O–H groups in total. The third kappa shape index (κ3) is 2.01. The predicted octanol–water partition coefficient (Wildman–Crippen LogP) is 1.45. The second kappa shape index (κ2) is 4.59. The van der Waals surface area contributed by atoms with Crippen LogP contribution < -0.4 is 4.74 Å². The molecule has 0 saturated heterocycles. The van der Waals surface area contributed by atoms with Crippen LogP contribution >= 0.6 is 0 Å². The van der Waals surface area contributed by atoms with Crippen molar-refractivity contribution in [2.75, 3.05) is 7.11 Å². The zero-order chi connectivity index (χ0) is 13.1. The highest BCUT2D eigenvalue weighted by Gasteiger charge is 2.11. The van der Waals surface area contributed by atoms with Crippen LogP contribution in [0.25, 0.3) is 5.69 Å². The van der Waals surface area contributed by atoms with Crippen molar-refractivity contribution in [3.05, 3.63) is 41.7 Å². The fourth-order valence-electron chi connectivity index (χ4n) is 1.49. The number of benzene rings is 1. The average molecular weight is 243 g/mol. The number of carboxylic acids is 1. The van der Waals surface area contributed by atoms with E-state index in [0.29, 0.717) is 17.0 Å². The smallest absolute Gasteiger partial charge is 0.356 e. The van der Waals surface area contributed by atoms with Crippen molar-refractivity contribution in [2.45, 2.75) is 0 Å². The first-order chi connectivity index (χ1) is 8.65. The van der Waals surface area contributed by atoms with Gasteiger partial charge < -0.3 is 9.84 Å².